The highest BCUT2D eigenvalue weighted by atomic mass is 16.7. The smallest absolute Gasteiger partial charge is 0.231 e. The molecule has 2 aromatic rings. The maximum atomic E-state index is 12.3. The van der Waals surface area contributed by atoms with Crippen LogP contribution in [0, 0.1) is 0 Å². The summed E-state index contributed by atoms with van der Waals surface area (Å²) in [5, 5.41) is 5.47. The maximum Gasteiger partial charge on any atom is 0.231 e. The second-order valence-electron chi connectivity index (χ2n) is 6.14. The number of benzene rings is 2. The number of amides is 2. The minimum Gasteiger partial charge on any atom is -0.454 e. The number of hydrogen-bond donors (Lipinski definition) is 2. The van der Waals surface area contributed by atoms with Gasteiger partial charge < -0.3 is 20.1 Å². The van der Waals surface area contributed by atoms with Crippen molar-refractivity contribution in [2.24, 2.45) is 0 Å². The Kier molecular flexibility index (Phi) is 4.04. The van der Waals surface area contributed by atoms with Gasteiger partial charge in [-0.25, -0.2) is 0 Å². The van der Waals surface area contributed by atoms with Crippen LogP contribution in [-0.2, 0) is 16.0 Å². The van der Waals surface area contributed by atoms with Crippen LogP contribution < -0.4 is 20.1 Å². The Hall–Kier alpha value is -3.35. The molecule has 0 saturated heterocycles. The number of nitrogens with one attached hydrogen (secondary N) is 2. The number of carbonyl (C=O) groups is 3. The Labute approximate surface area is 149 Å². The molecule has 4 rings (SSSR count). The fraction of sp³-hybridized carbons (Fsp3) is 0.211. The molecule has 2 heterocycles. The molecule has 0 unspecified atom stereocenters. The van der Waals surface area contributed by atoms with E-state index in [1.54, 1.807) is 36.4 Å². The molecule has 7 heteroatoms. The zero-order valence-electron chi connectivity index (χ0n) is 13.8. The normalized spacial score (nSPS) is 13.9. The Morgan fingerprint density at radius 2 is 1.88 bits per heavy atom. The zero-order chi connectivity index (χ0) is 18.1. The van der Waals surface area contributed by atoms with Crippen LogP contribution in [0.4, 0.5) is 11.4 Å². The summed E-state index contributed by atoms with van der Waals surface area (Å²) in [6.45, 7) is 0.170. The second kappa shape index (κ2) is 6.51. The molecular weight excluding hydrogens is 336 g/mol. The van der Waals surface area contributed by atoms with Crippen LogP contribution in [0.25, 0.3) is 0 Å². The standard InChI is InChI=1S/C19H16N2O5/c22-15(11-1-3-14-12(7-11)8-19(24)21-14)4-6-18(23)20-13-2-5-16-17(9-13)26-10-25-16/h1-3,5,7,9H,4,6,8,10H2,(H,20,23)(H,21,24). The molecule has 2 aromatic carbocycles. The van der Waals surface area contributed by atoms with Crippen molar-refractivity contribution in [3.05, 3.63) is 47.5 Å². The van der Waals surface area contributed by atoms with E-state index in [0.717, 1.165) is 11.3 Å². The van der Waals surface area contributed by atoms with Gasteiger partial charge >= 0.3 is 0 Å². The quantitative estimate of drug-likeness (QED) is 0.807. The summed E-state index contributed by atoms with van der Waals surface area (Å²) >= 11 is 0. The van der Waals surface area contributed by atoms with Crippen LogP contribution in [0.3, 0.4) is 0 Å². The third-order valence-corrected chi connectivity index (χ3v) is 4.29. The molecule has 0 saturated carbocycles. The van der Waals surface area contributed by atoms with Crippen LogP contribution >= 0.6 is 0 Å². The molecule has 0 aliphatic carbocycles. The highest BCUT2D eigenvalue weighted by Crippen LogP contribution is 2.34. The SMILES string of the molecule is O=C(CCC(=O)c1ccc2c(c1)CC(=O)N2)Nc1ccc2c(c1)OCO2. The maximum absolute atomic E-state index is 12.3. The lowest BCUT2D eigenvalue weighted by molar-refractivity contribution is -0.116. The van der Waals surface area contributed by atoms with Crippen LogP contribution in [0.15, 0.2) is 36.4 Å². The molecule has 7 nitrogen and oxygen atoms in total. The van der Waals surface area contributed by atoms with Crippen LogP contribution in [0.1, 0.15) is 28.8 Å². The van der Waals surface area contributed by atoms with E-state index in [2.05, 4.69) is 10.6 Å². The summed E-state index contributed by atoms with van der Waals surface area (Å²) in [5.74, 6) is 0.763. The van der Waals surface area contributed by atoms with Crippen LogP contribution in [-0.4, -0.2) is 24.4 Å². The second-order valence-corrected chi connectivity index (χ2v) is 6.14. The highest BCUT2D eigenvalue weighted by Gasteiger charge is 2.19. The molecule has 0 aromatic heterocycles. The fourth-order valence-corrected chi connectivity index (χ4v) is 2.97. The molecule has 0 bridgehead atoms. The summed E-state index contributed by atoms with van der Waals surface area (Å²) in [6, 6.07) is 10.2. The number of Topliss-reactive ketones (excluding diaryl/α,β-unsaturated/α-hetero) is 1. The molecule has 132 valence electrons. The molecule has 2 aliphatic heterocycles. The van der Waals surface area contributed by atoms with Crippen molar-refractivity contribution in [3.8, 4) is 11.5 Å². The van der Waals surface area contributed by atoms with Gasteiger partial charge in [0.05, 0.1) is 6.42 Å². The number of rotatable bonds is 5. The molecule has 0 atom stereocenters. The third-order valence-electron chi connectivity index (χ3n) is 4.29. The van der Waals surface area contributed by atoms with Gasteiger partial charge in [0, 0.05) is 35.8 Å². The van der Waals surface area contributed by atoms with E-state index in [4.69, 9.17) is 9.47 Å². The predicted octanol–water partition coefficient (Wildman–Crippen LogP) is 2.51. The number of anilines is 2. The monoisotopic (exact) mass is 352 g/mol. The Bertz CT molecular complexity index is 922. The first-order chi connectivity index (χ1) is 12.6. The zero-order valence-corrected chi connectivity index (χ0v) is 13.8. The number of hydrogen-bond acceptors (Lipinski definition) is 5. The van der Waals surface area contributed by atoms with Gasteiger partial charge in [-0.2, -0.15) is 0 Å². The summed E-state index contributed by atoms with van der Waals surface area (Å²) in [5.41, 5.74) is 2.66. The van der Waals surface area contributed by atoms with E-state index >= 15 is 0 Å². The van der Waals surface area contributed by atoms with Gasteiger partial charge in [0.15, 0.2) is 17.3 Å². The van der Waals surface area contributed by atoms with E-state index in [1.165, 1.54) is 0 Å². The Morgan fingerprint density at radius 3 is 2.77 bits per heavy atom. The Balaban J connectivity index is 1.34. The summed E-state index contributed by atoms with van der Waals surface area (Å²) in [7, 11) is 0. The average Bonchev–Trinajstić information content (AvgIpc) is 3.23. The van der Waals surface area contributed by atoms with Gasteiger partial charge in [-0.3, -0.25) is 14.4 Å². The number of carbonyl (C=O) groups excluding carboxylic acids is 3. The summed E-state index contributed by atoms with van der Waals surface area (Å²) in [4.78, 5) is 35.8. The molecule has 2 amide bonds. The van der Waals surface area contributed by atoms with Crippen molar-refractivity contribution in [1.82, 2.24) is 0 Å². The van der Waals surface area contributed by atoms with Crippen molar-refractivity contribution >= 4 is 29.0 Å². The van der Waals surface area contributed by atoms with Gasteiger partial charge in [-0.15, -0.1) is 0 Å². The minimum absolute atomic E-state index is 0.0710. The Morgan fingerprint density at radius 1 is 1.04 bits per heavy atom. The molecular formula is C19H16N2O5. The summed E-state index contributed by atoms with van der Waals surface area (Å²) in [6.07, 6.45) is 0.444. The average molecular weight is 352 g/mol. The summed E-state index contributed by atoms with van der Waals surface area (Å²) < 4.78 is 10.5. The molecule has 0 radical (unpaired) electrons. The molecule has 2 aliphatic rings. The number of fused-ring (bicyclic) bond motifs is 2. The van der Waals surface area contributed by atoms with E-state index < -0.39 is 0 Å². The van der Waals surface area contributed by atoms with Gasteiger partial charge in [-0.05, 0) is 35.9 Å². The van der Waals surface area contributed by atoms with Gasteiger partial charge in [-0.1, -0.05) is 0 Å². The topological polar surface area (TPSA) is 93.7 Å². The van der Waals surface area contributed by atoms with Crippen molar-refractivity contribution < 1.29 is 23.9 Å². The largest absolute Gasteiger partial charge is 0.454 e. The van der Waals surface area contributed by atoms with Crippen LogP contribution in [0.5, 0.6) is 11.5 Å². The fourth-order valence-electron chi connectivity index (χ4n) is 2.97. The van der Waals surface area contributed by atoms with Crippen molar-refractivity contribution in [3.63, 3.8) is 0 Å². The van der Waals surface area contributed by atoms with E-state index in [0.29, 0.717) is 22.7 Å². The molecule has 26 heavy (non-hydrogen) atoms. The molecule has 0 fully saturated rings. The molecule has 2 N–H and O–H groups in total. The third kappa shape index (κ3) is 3.23. The van der Waals surface area contributed by atoms with Crippen molar-refractivity contribution in [2.75, 3.05) is 17.4 Å². The lowest BCUT2D eigenvalue weighted by atomic mass is 10.0. The lowest BCUT2D eigenvalue weighted by Gasteiger charge is -2.07. The van der Waals surface area contributed by atoms with Gasteiger partial charge in [0.1, 0.15) is 0 Å². The molecule has 0 spiro atoms. The van der Waals surface area contributed by atoms with Crippen molar-refractivity contribution in [1.29, 1.82) is 0 Å². The number of ether oxygens (including phenoxy) is 2. The minimum atomic E-state index is -0.254. The van der Waals surface area contributed by atoms with E-state index in [-0.39, 0.29) is 43.7 Å². The first kappa shape index (κ1) is 16.1. The van der Waals surface area contributed by atoms with E-state index in [9.17, 15) is 14.4 Å². The lowest BCUT2D eigenvalue weighted by Crippen LogP contribution is -2.13. The highest BCUT2D eigenvalue weighted by molar-refractivity contribution is 6.03. The van der Waals surface area contributed by atoms with Crippen molar-refractivity contribution in [2.45, 2.75) is 19.3 Å². The first-order valence-corrected chi connectivity index (χ1v) is 8.24. The first-order valence-electron chi connectivity index (χ1n) is 8.24. The van der Waals surface area contributed by atoms with Gasteiger partial charge in [0.2, 0.25) is 18.6 Å². The van der Waals surface area contributed by atoms with Crippen LogP contribution in [0.2, 0.25) is 0 Å². The van der Waals surface area contributed by atoms with Gasteiger partial charge in [0.25, 0.3) is 0 Å². The van der Waals surface area contributed by atoms with E-state index in [1.807, 2.05) is 0 Å². The predicted molar refractivity (Wildman–Crippen MR) is 93.5 cm³/mol. The number of ketones is 1.